The van der Waals surface area contributed by atoms with Gasteiger partial charge in [0.1, 0.15) is 12.3 Å². The van der Waals surface area contributed by atoms with Crippen molar-refractivity contribution in [2.45, 2.75) is 31.5 Å². The number of benzene rings is 2. The molecule has 2 rings (SSSR count). The molecule has 0 bridgehead atoms. The quantitative estimate of drug-likeness (QED) is 0.113. The van der Waals surface area contributed by atoms with Crippen molar-refractivity contribution in [1.82, 2.24) is 9.84 Å². The summed E-state index contributed by atoms with van der Waals surface area (Å²) in [7, 11) is -4.64. The van der Waals surface area contributed by atoms with E-state index in [0.717, 1.165) is 12.4 Å². The molecule has 0 spiro atoms. The van der Waals surface area contributed by atoms with Crippen molar-refractivity contribution in [2.75, 3.05) is 5.75 Å². The number of nitrogens with two attached hydrogens (primary N) is 2. The molecular weight excluding hydrogens is 503 g/mol. The Morgan fingerprint density at radius 1 is 1.19 bits per heavy atom. The number of sulfonamides is 1. The first-order valence-corrected chi connectivity index (χ1v) is 12.0. The summed E-state index contributed by atoms with van der Waals surface area (Å²) in [5, 5.41) is 10.4. The Hall–Kier alpha value is -3.55. The fourth-order valence-corrected chi connectivity index (χ4v) is 5.00. The maximum Gasteiger partial charge on any atom is 0.416 e. The first-order valence-electron chi connectivity index (χ1n) is 10.4. The molecule has 6 N–H and O–H groups in total. The van der Waals surface area contributed by atoms with Crippen LogP contribution in [0.3, 0.4) is 0 Å². The van der Waals surface area contributed by atoms with Crippen LogP contribution >= 0.6 is 0 Å². The largest absolute Gasteiger partial charge is 0.479 e. The minimum atomic E-state index is -5.00. The number of unbranched alkanes of at least 4 members (excludes halogenated alkanes) is 1. The van der Waals surface area contributed by atoms with Gasteiger partial charge in [-0.25, -0.2) is 28.8 Å². The van der Waals surface area contributed by atoms with Gasteiger partial charge in [0.05, 0.1) is 22.6 Å². The van der Waals surface area contributed by atoms with Crippen molar-refractivity contribution in [3.8, 4) is 0 Å². The van der Waals surface area contributed by atoms with E-state index in [1.807, 2.05) is 5.43 Å². The van der Waals surface area contributed by atoms with Crippen LogP contribution in [0.4, 0.5) is 18.9 Å². The van der Waals surface area contributed by atoms with E-state index in [4.69, 9.17) is 11.7 Å². The summed E-state index contributed by atoms with van der Waals surface area (Å²) in [5.41, 5.74) is -4.70. The lowest BCUT2D eigenvalue weighted by Gasteiger charge is -2.38. The van der Waals surface area contributed by atoms with Gasteiger partial charge in [0.2, 0.25) is 15.6 Å². The van der Waals surface area contributed by atoms with Crippen LogP contribution in [0.1, 0.15) is 36.5 Å². The molecule has 0 fully saturated rings. The Morgan fingerprint density at radius 2 is 1.81 bits per heavy atom. The van der Waals surface area contributed by atoms with Gasteiger partial charge >= 0.3 is 12.1 Å². The Labute approximate surface area is 205 Å². The number of carboxylic acid groups (broad SMARTS) is 1. The number of halogens is 3. The lowest BCUT2D eigenvalue weighted by Crippen LogP contribution is -2.59. The summed E-state index contributed by atoms with van der Waals surface area (Å²) in [6, 6.07) is 8.77. The third-order valence-electron chi connectivity index (χ3n) is 5.17. The Morgan fingerprint density at radius 3 is 2.31 bits per heavy atom. The molecule has 10 nitrogen and oxygen atoms in total. The average Bonchev–Trinajstić information content (AvgIpc) is 2.83. The Kier molecular flexibility index (Phi) is 9.13. The summed E-state index contributed by atoms with van der Waals surface area (Å²) < 4.78 is 67.5. The highest BCUT2D eigenvalue weighted by Crippen LogP contribution is 2.44. The van der Waals surface area contributed by atoms with E-state index < -0.39 is 55.8 Å². The number of nitrogens with one attached hydrogen (secondary N) is 1. The van der Waals surface area contributed by atoms with Gasteiger partial charge in [-0.15, -0.1) is 4.41 Å². The average molecular weight is 528 g/mol. The molecule has 14 heteroatoms. The molecule has 0 aliphatic carbocycles. The number of aliphatic imine (C=N–C) groups is 1. The number of carbonyl (C=O) groups is 1. The SMILES string of the molecule is CCCCS(=O)(=O)N(N)[C@](C(=O)O)(C(=C=O)c1ccccc1)c1cc(N=CNN)cc(C(F)(F)F)c1. The molecule has 0 amide bonds. The van der Waals surface area contributed by atoms with Crippen molar-refractivity contribution < 1.29 is 36.3 Å². The normalized spacial score (nSPS) is 13.9. The monoisotopic (exact) mass is 527 g/mol. The molecule has 0 heterocycles. The molecule has 0 aromatic heterocycles. The molecule has 0 aliphatic heterocycles. The molecule has 194 valence electrons. The van der Waals surface area contributed by atoms with E-state index in [2.05, 4.69) is 4.99 Å². The van der Waals surface area contributed by atoms with Crippen molar-refractivity contribution >= 4 is 39.5 Å². The summed E-state index contributed by atoms with van der Waals surface area (Å²) >= 11 is 0. The molecule has 0 saturated heterocycles. The Balaban J connectivity index is 3.09. The van der Waals surface area contributed by atoms with Crippen LogP contribution in [-0.4, -0.2) is 41.9 Å². The van der Waals surface area contributed by atoms with Gasteiger partial charge in [-0.2, -0.15) is 13.2 Å². The third kappa shape index (κ3) is 5.80. The number of rotatable bonds is 11. The molecule has 0 radical (unpaired) electrons. The number of aliphatic carboxylic acids is 1. The highest BCUT2D eigenvalue weighted by atomic mass is 32.2. The van der Waals surface area contributed by atoms with Gasteiger partial charge < -0.3 is 10.5 Å². The van der Waals surface area contributed by atoms with Gasteiger partial charge in [0.25, 0.3) is 0 Å². The predicted octanol–water partition coefficient (Wildman–Crippen LogP) is 2.33. The van der Waals surface area contributed by atoms with Crippen LogP contribution in [-0.2, 0) is 31.3 Å². The third-order valence-corrected chi connectivity index (χ3v) is 6.85. The van der Waals surface area contributed by atoms with Crippen LogP contribution in [0, 0.1) is 0 Å². The van der Waals surface area contributed by atoms with Gasteiger partial charge in [-0.3, -0.25) is 5.84 Å². The topological polar surface area (TPSA) is 168 Å². The smallest absolute Gasteiger partial charge is 0.416 e. The van der Waals surface area contributed by atoms with Gasteiger partial charge in [-0.05, 0) is 35.7 Å². The van der Waals surface area contributed by atoms with E-state index in [1.54, 1.807) is 6.92 Å². The second-order valence-corrected chi connectivity index (χ2v) is 9.48. The maximum atomic E-state index is 13.8. The molecule has 2 aromatic carbocycles. The number of hydrogen-bond donors (Lipinski definition) is 4. The second-order valence-electron chi connectivity index (χ2n) is 7.52. The zero-order valence-corrected chi connectivity index (χ0v) is 19.8. The van der Waals surface area contributed by atoms with E-state index in [1.165, 1.54) is 36.3 Å². The van der Waals surface area contributed by atoms with Crippen LogP contribution in [0.25, 0.3) is 5.57 Å². The van der Waals surface area contributed by atoms with Crippen molar-refractivity contribution in [3.05, 3.63) is 65.2 Å². The molecule has 36 heavy (non-hydrogen) atoms. The fraction of sp³-hybridized carbons (Fsp3) is 0.273. The molecule has 1 atom stereocenters. The maximum absolute atomic E-state index is 13.8. The first-order chi connectivity index (χ1) is 16.9. The Bertz CT molecular complexity index is 1280. The van der Waals surface area contributed by atoms with Gasteiger partial charge in [0, 0.05) is 0 Å². The van der Waals surface area contributed by atoms with E-state index in [0.29, 0.717) is 18.6 Å². The predicted molar refractivity (Wildman–Crippen MR) is 126 cm³/mol. The molecule has 0 saturated carbocycles. The van der Waals surface area contributed by atoms with E-state index in [-0.39, 0.29) is 16.4 Å². The number of carboxylic acids is 1. The van der Waals surface area contributed by atoms with Crippen LogP contribution in [0.2, 0.25) is 0 Å². The summed E-state index contributed by atoms with van der Waals surface area (Å²) in [6.07, 6.45) is -3.72. The standard InChI is InChI=1S/C22H24F3N5O5S/c1-2-3-9-36(34,35)30(27)21(20(32)33,19(13-31)15-7-5-4-6-8-15)16-10-17(22(23,24)25)12-18(11-16)28-14-29-26/h4-8,10-12,14H,2-3,9,26-27H2,1H3,(H,28,29)(H,32,33)/t21-/m0/s1. The van der Waals surface area contributed by atoms with E-state index in [9.17, 15) is 36.3 Å². The number of carbonyl (C=O) groups excluding carboxylic acids is 1. The van der Waals surface area contributed by atoms with E-state index >= 15 is 0 Å². The van der Waals surface area contributed by atoms with Crippen molar-refractivity contribution in [1.29, 1.82) is 0 Å². The highest BCUT2D eigenvalue weighted by molar-refractivity contribution is 7.89. The highest BCUT2D eigenvalue weighted by Gasteiger charge is 2.55. The molecule has 0 aliphatic rings. The lowest BCUT2D eigenvalue weighted by molar-refractivity contribution is -0.146. The summed E-state index contributed by atoms with van der Waals surface area (Å²) in [5.74, 6) is 9.79. The number of nitrogens with zero attached hydrogens (tertiary/aromatic N) is 2. The zero-order chi connectivity index (χ0) is 27.1. The number of alkyl halides is 3. The summed E-state index contributed by atoms with van der Waals surface area (Å²) in [6.45, 7) is 1.67. The number of hydrazine groups is 2. The lowest BCUT2D eigenvalue weighted by atomic mass is 9.79. The summed E-state index contributed by atoms with van der Waals surface area (Å²) in [4.78, 5) is 28.8. The van der Waals surface area contributed by atoms with Gasteiger partial charge in [-0.1, -0.05) is 43.7 Å². The number of hydrogen-bond acceptors (Lipinski definition) is 7. The molecule has 2 aromatic rings. The van der Waals surface area contributed by atoms with Crippen LogP contribution in [0.5, 0.6) is 0 Å². The zero-order valence-electron chi connectivity index (χ0n) is 19.0. The first kappa shape index (κ1) is 28.7. The molecular formula is C22H24F3N5O5S. The van der Waals surface area contributed by atoms with Crippen LogP contribution in [0.15, 0.2) is 53.5 Å². The van der Waals surface area contributed by atoms with Gasteiger partial charge in [0.15, 0.2) is 0 Å². The second kappa shape index (κ2) is 11.5. The van der Waals surface area contributed by atoms with Crippen LogP contribution < -0.4 is 17.1 Å². The van der Waals surface area contributed by atoms with Crippen molar-refractivity contribution in [2.24, 2.45) is 16.7 Å². The fourth-order valence-electron chi connectivity index (χ4n) is 3.46. The van der Waals surface area contributed by atoms with Crippen molar-refractivity contribution in [3.63, 3.8) is 0 Å². The molecule has 0 unspecified atom stereocenters. The minimum Gasteiger partial charge on any atom is -0.479 e. The minimum absolute atomic E-state index is 0.0670.